The normalized spacial score (nSPS) is 11.2. The summed E-state index contributed by atoms with van der Waals surface area (Å²) in [6.07, 6.45) is 5.53. The summed E-state index contributed by atoms with van der Waals surface area (Å²) in [6, 6.07) is 14.3. The quantitative estimate of drug-likeness (QED) is 0.577. The van der Waals surface area contributed by atoms with Crippen LogP contribution in [0.15, 0.2) is 60.1 Å². The van der Waals surface area contributed by atoms with Gasteiger partial charge in [-0.15, -0.1) is 11.3 Å². The fraction of sp³-hybridized carbons (Fsp3) is 0.238. The first-order chi connectivity index (χ1) is 12.7. The van der Waals surface area contributed by atoms with Crippen LogP contribution in [0.1, 0.15) is 25.0 Å². The Hall–Kier alpha value is -2.66. The van der Waals surface area contributed by atoms with Gasteiger partial charge in [0, 0.05) is 30.9 Å². The minimum atomic E-state index is 0.0305. The number of nitrogens with zero attached hydrogens (tertiary/aromatic N) is 3. The largest absolute Gasteiger partial charge is 0.340 e. The van der Waals surface area contributed by atoms with Gasteiger partial charge in [-0.2, -0.15) is 5.10 Å². The summed E-state index contributed by atoms with van der Waals surface area (Å²) in [6.45, 7) is 6.11. The Bertz CT molecular complexity index is 862. The van der Waals surface area contributed by atoms with Gasteiger partial charge in [-0.3, -0.25) is 9.48 Å². The van der Waals surface area contributed by atoms with Crippen molar-refractivity contribution in [2.75, 3.05) is 13.1 Å². The van der Waals surface area contributed by atoms with Gasteiger partial charge in [-0.25, -0.2) is 0 Å². The average Bonchev–Trinajstić information content (AvgIpc) is 3.31. The van der Waals surface area contributed by atoms with E-state index in [9.17, 15) is 4.79 Å². The Morgan fingerprint density at radius 2 is 1.92 bits per heavy atom. The smallest absolute Gasteiger partial charge is 0.246 e. The molecule has 0 radical (unpaired) electrons. The highest BCUT2D eigenvalue weighted by atomic mass is 32.1. The molecule has 0 aliphatic rings. The molecule has 0 fully saturated rings. The van der Waals surface area contributed by atoms with Crippen LogP contribution in [0.3, 0.4) is 0 Å². The highest BCUT2D eigenvalue weighted by Gasteiger charge is 2.12. The summed E-state index contributed by atoms with van der Waals surface area (Å²) in [5, 5.41) is 6.80. The van der Waals surface area contributed by atoms with Crippen molar-refractivity contribution in [3.8, 4) is 10.6 Å². The molecule has 4 nitrogen and oxygen atoms in total. The lowest BCUT2D eigenvalue weighted by atomic mass is 10.2. The monoisotopic (exact) mass is 365 g/mol. The van der Waals surface area contributed by atoms with Crippen LogP contribution >= 0.6 is 11.3 Å². The van der Waals surface area contributed by atoms with Gasteiger partial charge in [0.05, 0.1) is 11.4 Å². The van der Waals surface area contributed by atoms with Crippen LogP contribution in [0.4, 0.5) is 0 Å². The van der Waals surface area contributed by atoms with Crippen molar-refractivity contribution in [2.45, 2.75) is 20.4 Å². The first kappa shape index (κ1) is 18.1. The van der Waals surface area contributed by atoms with Gasteiger partial charge in [0.1, 0.15) is 5.69 Å². The third-order valence-electron chi connectivity index (χ3n) is 4.21. The summed E-state index contributed by atoms with van der Waals surface area (Å²) in [7, 11) is 0. The third kappa shape index (κ3) is 4.29. The number of thiophene rings is 1. The molecular formula is C21H23N3OS. The van der Waals surface area contributed by atoms with Crippen molar-refractivity contribution in [1.29, 1.82) is 0 Å². The fourth-order valence-electron chi connectivity index (χ4n) is 2.82. The standard InChI is InChI=1S/C21H23N3OS/c1-3-23(4-2)20(25)13-12-18-16-24(15-17-9-6-5-7-10-17)22-21(18)19-11-8-14-26-19/h5-14,16H,3-4,15H2,1-2H3/b13-12+. The molecule has 26 heavy (non-hydrogen) atoms. The molecule has 0 aliphatic heterocycles. The average molecular weight is 366 g/mol. The van der Waals surface area contributed by atoms with Gasteiger partial charge in [0.2, 0.25) is 5.91 Å². The third-order valence-corrected chi connectivity index (χ3v) is 5.09. The van der Waals surface area contributed by atoms with Crippen molar-refractivity contribution in [3.63, 3.8) is 0 Å². The van der Waals surface area contributed by atoms with Crippen LogP contribution < -0.4 is 0 Å². The Labute approximate surface area is 158 Å². The van der Waals surface area contributed by atoms with E-state index in [2.05, 4.69) is 18.2 Å². The van der Waals surface area contributed by atoms with E-state index < -0.39 is 0 Å². The van der Waals surface area contributed by atoms with Crippen molar-refractivity contribution in [3.05, 3.63) is 71.2 Å². The SMILES string of the molecule is CCN(CC)C(=O)/C=C/c1cn(Cc2ccccc2)nc1-c1cccs1. The van der Waals surface area contributed by atoms with E-state index in [0.29, 0.717) is 19.6 Å². The number of carbonyl (C=O) groups excluding carboxylic acids is 1. The van der Waals surface area contributed by atoms with Crippen LogP contribution in [0.5, 0.6) is 0 Å². The van der Waals surface area contributed by atoms with E-state index in [1.807, 2.05) is 60.4 Å². The fourth-order valence-corrected chi connectivity index (χ4v) is 3.55. The number of rotatable bonds is 7. The lowest BCUT2D eigenvalue weighted by molar-refractivity contribution is -0.125. The zero-order valence-electron chi connectivity index (χ0n) is 15.1. The van der Waals surface area contributed by atoms with Gasteiger partial charge in [0.25, 0.3) is 0 Å². The number of hydrogen-bond donors (Lipinski definition) is 0. The first-order valence-corrected chi connectivity index (χ1v) is 9.71. The number of amides is 1. The second-order valence-electron chi connectivity index (χ2n) is 5.94. The summed E-state index contributed by atoms with van der Waals surface area (Å²) in [5.74, 6) is 0.0305. The topological polar surface area (TPSA) is 38.1 Å². The molecule has 2 heterocycles. The summed E-state index contributed by atoms with van der Waals surface area (Å²) in [4.78, 5) is 15.2. The maximum Gasteiger partial charge on any atom is 0.246 e. The van der Waals surface area contributed by atoms with Crippen molar-refractivity contribution >= 4 is 23.3 Å². The Balaban J connectivity index is 1.89. The lowest BCUT2D eigenvalue weighted by Crippen LogP contribution is -2.28. The maximum absolute atomic E-state index is 12.3. The molecule has 0 unspecified atom stereocenters. The summed E-state index contributed by atoms with van der Waals surface area (Å²) < 4.78 is 1.94. The minimum Gasteiger partial charge on any atom is -0.340 e. The zero-order chi connectivity index (χ0) is 18.4. The van der Waals surface area contributed by atoms with Gasteiger partial charge in [-0.05, 0) is 36.9 Å². The van der Waals surface area contributed by atoms with E-state index in [1.54, 1.807) is 22.3 Å². The number of benzene rings is 1. The van der Waals surface area contributed by atoms with Crippen LogP contribution in [-0.4, -0.2) is 33.7 Å². The Morgan fingerprint density at radius 3 is 2.58 bits per heavy atom. The summed E-state index contributed by atoms with van der Waals surface area (Å²) >= 11 is 1.65. The number of likely N-dealkylation sites (N-methyl/N-ethyl adjacent to an activating group) is 1. The van der Waals surface area contributed by atoms with Gasteiger partial charge >= 0.3 is 0 Å². The summed E-state index contributed by atoms with van der Waals surface area (Å²) in [5.41, 5.74) is 3.07. The molecule has 0 N–H and O–H groups in total. The first-order valence-electron chi connectivity index (χ1n) is 8.83. The second kappa shape index (κ2) is 8.63. The molecule has 0 spiro atoms. The van der Waals surface area contributed by atoms with Gasteiger partial charge < -0.3 is 4.90 Å². The molecule has 0 bridgehead atoms. The van der Waals surface area contributed by atoms with Gasteiger partial charge in [0.15, 0.2) is 0 Å². The van der Waals surface area contributed by atoms with E-state index >= 15 is 0 Å². The molecule has 0 saturated heterocycles. The van der Waals surface area contributed by atoms with Crippen molar-refractivity contribution in [2.24, 2.45) is 0 Å². The molecule has 1 amide bonds. The van der Waals surface area contributed by atoms with E-state index in [1.165, 1.54) is 5.56 Å². The van der Waals surface area contributed by atoms with E-state index in [4.69, 9.17) is 5.10 Å². The molecule has 0 saturated carbocycles. The molecule has 3 rings (SSSR count). The van der Waals surface area contributed by atoms with E-state index in [0.717, 1.165) is 16.1 Å². The molecule has 134 valence electrons. The van der Waals surface area contributed by atoms with Crippen LogP contribution in [0.2, 0.25) is 0 Å². The van der Waals surface area contributed by atoms with Crippen LogP contribution in [0.25, 0.3) is 16.6 Å². The Kier molecular flexibility index (Phi) is 6.02. The van der Waals surface area contributed by atoms with Crippen molar-refractivity contribution < 1.29 is 4.79 Å². The number of aromatic nitrogens is 2. The molecule has 0 atom stereocenters. The highest BCUT2D eigenvalue weighted by Crippen LogP contribution is 2.27. The van der Waals surface area contributed by atoms with E-state index in [-0.39, 0.29) is 5.91 Å². The maximum atomic E-state index is 12.3. The number of hydrogen-bond acceptors (Lipinski definition) is 3. The van der Waals surface area contributed by atoms with Gasteiger partial charge in [-0.1, -0.05) is 36.4 Å². The number of carbonyl (C=O) groups is 1. The lowest BCUT2D eigenvalue weighted by Gasteiger charge is -2.15. The molecule has 1 aromatic carbocycles. The predicted molar refractivity (Wildman–Crippen MR) is 108 cm³/mol. The molecule has 2 aromatic heterocycles. The Morgan fingerprint density at radius 1 is 1.15 bits per heavy atom. The predicted octanol–water partition coefficient (Wildman–Crippen LogP) is 4.54. The van der Waals surface area contributed by atoms with Crippen molar-refractivity contribution in [1.82, 2.24) is 14.7 Å². The molecule has 5 heteroatoms. The minimum absolute atomic E-state index is 0.0305. The molecule has 0 aliphatic carbocycles. The molecule has 3 aromatic rings. The van der Waals surface area contributed by atoms with Crippen LogP contribution in [-0.2, 0) is 11.3 Å². The van der Waals surface area contributed by atoms with Crippen LogP contribution in [0, 0.1) is 0 Å². The second-order valence-corrected chi connectivity index (χ2v) is 6.89. The highest BCUT2D eigenvalue weighted by molar-refractivity contribution is 7.13. The molecular weight excluding hydrogens is 342 g/mol. The zero-order valence-corrected chi connectivity index (χ0v) is 15.9.